The number of nitrogens with zero attached hydrogens (tertiary/aromatic N) is 2. The summed E-state index contributed by atoms with van der Waals surface area (Å²) in [6.45, 7) is 4.92. The van der Waals surface area contributed by atoms with Crippen molar-refractivity contribution in [1.29, 1.82) is 0 Å². The number of imidazole rings is 1. The van der Waals surface area contributed by atoms with Crippen LogP contribution in [0.3, 0.4) is 0 Å². The van der Waals surface area contributed by atoms with Gasteiger partial charge < -0.3 is 19.4 Å². The number of nitrogens with one attached hydrogen (secondary N) is 1. The van der Waals surface area contributed by atoms with Crippen LogP contribution in [0.25, 0.3) is 0 Å². The summed E-state index contributed by atoms with van der Waals surface area (Å²) in [5, 5.41) is 3.52. The maximum Gasteiger partial charge on any atom is 0.123 e. The molecule has 2 aliphatic heterocycles. The highest BCUT2D eigenvalue weighted by atomic mass is 16.5. The Labute approximate surface area is 149 Å². The Bertz CT molecular complexity index is 730. The van der Waals surface area contributed by atoms with Gasteiger partial charge in [0.1, 0.15) is 23.4 Å². The predicted octanol–water partition coefficient (Wildman–Crippen LogP) is 2.88. The van der Waals surface area contributed by atoms with E-state index in [1.54, 1.807) is 7.11 Å². The van der Waals surface area contributed by atoms with Crippen molar-refractivity contribution in [1.82, 2.24) is 14.9 Å². The lowest BCUT2D eigenvalue weighted by Crippen LogP contribution is -2.17. The lowest BCUT2D eigenvalue weighted by Gasteiger charge is -2.12. The highest BCUT2D eigenvalue weighted by Gasteiger charge is 2.21. The van der Waals surface area contributed by atoms with Crippen LogP contribution in [-0.4, -0.2) is 29.3 Å². The van der Waals surface area contributed by atoms with Crippen LogP contribution in [0.15, 0.2) is 18.3 Å². The van der Waals surface area contributed by atoms with Crippen LogP contribution in [-0.2, 0) is 32.4 Å². The van der Waals surface area contributed by atoms with Crippen molar-refractivity contribution in [2.24, 2.45) is 0 Å². The predicted molar refractivity (Wildman–Crippen MR) is 97.4 cm³/mol. The minimum absolute atomic E-state index is 0.259. The topological polar surface area (TPSA) is 48.3 Å². The molecule has 2 aromatic rings. The maximum absolute atomic E-state index is 5.87. The van der Waals surface area contributed by atoms with Gasteiger partial charge >= 0.3 is 0 Å². The van der Waals surface area contributed by atoms with E-state index in [2.05, 4.69) is 35.1 Å². The largest absolute Gasteiger partial charge is 0.496 e. The van der Waals surface area contributed by atoms with Gasteiger partial charge in [-0.05, 0) is 31.9 Å². The van der Waals surface area contributed by atoms with Gasteiger partial charge in [-0.25, -0.2) is 4.98 Å². The molecule has 1 unspecified atom stereocenters. The smallest absolute Gasteiger partial charge is 0.123 e. The Morgan fingerprint density at radius 1 is 1.36 bits per heavy atom. The second kappa shape index (κ2) is 7.08. The average Bonchev–Trinajstić information content (AvgIpc) is 3.19. The second-order valence-electron chi connectivity index (χ2n) is 7.13. The van der Waals surface area contributed by atoms with Crippen LogP contribution in [0, 0.1) is 0 Å². The van der Waals surface area contributed by atoms with Gasteiger partial charge in [-0.15, -0.1) is 0 Å². The molecule has 0 bridgehead atoms. The van der Waals surface area contributed by atoms with Gasteiger partial charge in [0.25, 0.3) is 0 Å². The molecule has 0 saturated carbocycles. The molecule has 2 aliphatic rings. The molecule has 25 heavy (non-hydrogen) atoms. The first-order chi connectivity index (χ1) is 12.2. The highest BCUT2D eigenvalue weighted by Crippen LogP contribution is 2.34. The van der Waals surface area contributed by atoms with Crippen LogP contribution in [0.5, 0.6) is 11.5 Å². The van der Waals surface area contributed by atoms with E-state index in [0.717, 1.165) is 56.0 Å². The monoisotopic (exact) mass is 341 g/mol. The minimum Gasteiger partial charge on any atom is -0.496 e. The highest BCUT2D eigenvalue weighted by molar-refractivity contribution is 5.48. The third-order valence-electron chi connectivity index (χ3n) is 5.13. The average molecular weight is 341 g/mol. The number of hydrogen-bond acceptors (Lipinski definition) is 4. The van der Waals surface area contributed by atoms with E-state index in [9.17, 15) is 0 Å². The van der Waals surface area contributed by atoms with Crippen molar-refractivity contribution in [3.05, 3.63) is 41.0 Å². The van der Waals surface area contributed by atoms with Crippen LogP contribution in [0.2, 0.25) is 0 Å². The van der Waals surface area contributed by atoms with Gasteiger partial charge in [-0.3, -0.25) is 0 Å². The van der Waals surface area contributed by atoms with E-state index in [1.165, 1.54) is 29.9 Å². The summed E-state index contributed by atoms with van der Waals surface area (Å²) in [7, 11) is 1.74. The van der Waals surface area contributed by atoms with Crippen LogP contribution >= 0.6 is 0 Å². The second-order valence-corrected chi connectivity index (χ2v) is 7.13. The van der Waals surface area contributed by atoms with Gasteiger partial charge in [0.15, 0.2) is 0 Å². The van der Waals surface area contributed by atoms with Crippen molar-refractivity contribution in [3.63, 3.8) is 0 Å². The number of aryl methyl sites for hydroxylation is 2. The molecule has 134 valence electrons. The van der Waals surface area contributed by atoms with E-state index in [0.29, 0.717) is 0 Å². The summed E-state index contributed by atoms with van der Waals surface area (Å²) in [4.78, 5) is 4.76. The SMILES string of the molecule is COc1cc2c(cc1CNCCc1cn3c(n1)CCCC3)OC(C)C2. The lowest BCUT2D eigenvalue weighted by molar-refractivity contribution is 0.254. The third-order valence-corrected chi connectivity index (χ3v) is 5.13. The van der Waals surface area contributed by atoms with E-state index in [1.807, 2.05) is 0 Å². The molecular weight excluding hydrogens is 314 g/mol. The first-order valence-corrected chi connectivity index (χ1v) is 9.35. The number of methoxy groups -OCH3 is 1. The number of fused-ring (bicyclic) bond motifs is 2. The van der Waals surface area contributed by atoms with E-state index < -0.39 is 0 Å². The molecular formula is C20H27N3O2. The van der Waals surface area contributed by atoms with E-state index >= 15 is 0 Å². The molecule has 0 radical (unpaired) electrons. The zero-order valence-electron chi connectivity index (χ0n) is 15.2. The van der Waals surface area contributed by atoms with E-state index in [-0.39, 0.29) is 6.10 Å². The summed E-state index contributed by atoms with van der Waals surface area (Å²) in [5.74, 6) is 3.21. The van der Waals surface area contributed by atoms with Gasteiger partial charge in [-0.2, -0.15) is 0 Å². The number of ether oxygens (including phenoxy) is 2. The number of aromatic nitrogens is 2. The quantitative estimate of drug-likeness (QED) is 0.821. The first-order valence-electron chi connectivity index (χ1n) is 9.35. The Morgan fingerprint density at radius 3 is 3.12 bits per heavy atom. The van der Waals surface area contributed by atoms with Gasteiger partial charge in [0.05, 0.1) is 12.8 Å². The summed E-state index contributed by atoms with van der Waals surface area (Å²) in [6.07, 6.45) is 8.08. The fraction of sp³-hybridized carbons (Fsp3) is 0.550. The maximum atomic E-state index is 5.87. The Balaban J connectivity index is 1.34. The summed E-state index contributed by atoms with van der Waals surface area (Å²) in [5.41, 5.74) is 3.60. The summed E-state index contributed by atoms with van der Waals surface area (Å²) >= 11 is 0. The minimum atomic E-state index is 0.259. The van der Waals surface area contributed by atoms with Crippen LogP contribution in [0.1, 0.15) is 42.4 Å². The molecule has 5 heteroatoms. The molecule has 0 saturated heterocycles. The fourth-order valence-electron chi connectivity index (χ4n) is 3.84. The molecule has 3 heterocycles. The van der Waals surface area contributed by atoms with E-state index in [4.69, 9.17) is 14.5 Å². The number of rotatable bonds is 6. The third kappa shape index (κ3) is 3.52. The van der Waals surface area contributed by atoms with Gasteiger partial charge in [0.2, 0.25) is 0 Å². The summed E-state index contributed by atoms with van der Waals surface area (Å²) < 4.78 is 13.8. The van der Waals surface area contributed by atoms with Gasteiger partial charge in [0, 0.05) is 56.2 Å². The normalized spacial score (nSPS) is 18.6. The Hall–Kier alpha value is -2.01. The standard InChI is InChI=1S/C20H27N3O2/c1-14-9-15-10-18(24-2)16(11-19(15)25-14)12-21-7-6-17-13-23-8-4-3-5-20(23)22-17/h10-11,13-14,21H,3-9,12H2,1-2H3. The van der Waals surface area contributed by atoms with Crippen molar-refractivity contribution < 1.29 is 9.47 Å². The number of benzene rings is 1. The molecule has 1 atom stereocenters. The number of hydrogen-bond donors (Lipinski definition) is 1. The van der Waals surface area contributed by atoms with Crippen molar-refractivity contribution in [3.8, 4) is 11.5 Å². The molecule has 0 spiro atoms. The first kappa shape index (κ1) is 16.5. The molecule has 0 amide bonds. The van der Waals surface area contributed by atoms with Crippen LogP contribution < -0.4 is 14.8 Å². The molecule has 4 rings (SSSR count). The lowest BCUT2D eigenvalue weighted by atomic mass is 10.1. The van der Waals surface area contributed by atoms with Gasteiger partial charge in [-0.1, -0.05) is 0 Å². The summed E-state index contributed by atoms with van der Waals surface area (Å²) in [6, 6.07) is 4.25. The Kier molecular flexibility index (Phi) is 4.66. The van der Waals surface area contributed by atoms with Crippen LogP contribution in [0.4, 0.5) is 0 Å². The molecule has 5 nitrogen and oxygen atoms in total. The van der Waals surface area contributed by atoms with Crippen molar-refractivity contribution in [2.45, 2.75) is 58.2 Å². The molecule has 1 aromatic carbocycles. The molecule has 1 N–H and O–H groups in total. The fourth-order valence-corrected chi connectivity index (χ4v) is 3.84. The zero-order valence-corrected chi connectivity index (χ0v) is 15.2. The Morgan fingerprint density at radius 2 is 2.28 bits per heavy atom. The molecule has 1 aromatic heterocycles. The molecule has 0 fully saturated rings. The zero-order chi connectivity index (χ0) is 17.2. The van der Waals surface area contributed by atoms with Crippen molar-refractivity contribution in [2.75, 3.05) is 13.7 Å². The van der Waals surface area contributed by atoms with Crippen molar-refractivity contribution >= 4 is 0 Å². The molecule has 0 aliphatic carbocycles.